The number of fused-ring (bicyclic) bond motifs is 1. The zero-order valence-corrected chi connectivity index (χ0v) is 12.4. The monoisotopic (exact) mass is 274 g/mol. The van der Waals surface area contributed by atoms with Crippen molar-refractivity contribution < 1.29 is 4.79 Å². The minimum Gasteiger partial charge on any atom is -0.347 e. The van der Waals surface area contributed by atoms with Gasteiger partial charge < -0.3 is 15.1 Å². The minimum absolute atomic E-state index is 0.0450. The second-order valence-electron chi connectivity index (χ2n) is 5.13. The third-order valence-corrected chi connectivity index (χ3v) is 3.54. The fraction of sp³-hybridized carbons (Fsp3) is 0.467. The molecular weight excluding hydrogens is 252 g/mol. The van der Waals surface area contributed by atoms with Gasteiger partial charge in [-0.2, -0.15) is 0 Å². The number of likely N-dealkylation sites (N-methyl/N-ethyl adjacent to an activating group) is 1. The van der Waals surface area contributed by atoms with Gasteiger partial charge in [0.15, 0.2) is 5.96 Å². The lowest BCUT2D eigenvalue weighted by Gasteiger charge is -2.31. The Morgan fingerprint density at radius 2 is 2.05 bits per heavy atom. The fourth-order valence-corrected chi connectivity index (χ4v) is 2.32. The molecule has 5 nitrogen and oxygen atoms in total. The second-order valence-corrected chi connectivity index (χ2v) is 5.13. The first-order valence-electron chi connectivity index (χ1n) is 6.84. The van der Waals surface area contributed by atoms with Gasteiger partial charge in [0, 0.05) is 34.2 Å². The Morgan fingerprint density at radius 1 is 1.35 bits per heavy atom. The Bertz CT molecular complexity index is 510. The van der Waals surface area contributed by atoms with Crippen LogP contribution in [0.4, 0.5) is 0 Å². The van der Waals surface area contributed by atoms with E-state index in [1.165, 1.54) is 11.1 Å². The van der Waals surface area contributed by atoms with E-state index in [2.05, 4.69) is 39.5 Å². The van der Waals surface area contributed by atoms with Gasteiger partial charge in [-0.25, -0.2) is 0 Å². The Labute approximate surface area is 120 Å². The van der Waals surface area contributed by atoms with Crippen molar-refractivity contribution >= 4 is 11.9 Å². The Kier molecular flexibility index (Phi) is 4.61. The molecule has 0 bridgehead atoms. The maximum atomic E-state index is 11.6. The maximum absolute atomic E-state index is 11.6. The summed E-state index contributed by atoms with van der Waals surface area (Å²) in [6.07, 6.45) is 1.01. The summed E-state index contributed by atoms with van der Waals surface area (Å²) in [5.74, 6) is 0.832. The quantitative estimate of drug-likeness (QED) is 0.638. The van der Waals surface area contributed by atoms with Crippen molar-refractivity contribution in [2.45, 2.75) is 13.0 Å². The molecule has 1 amide bonds. The van der Waals surface area contributed by atoms with Crippen molar-refractivity contribution in [2.24, 2.45) is 4.99 Å². The van der Waals surface area contributed by atoms with Crippen LogP contribution in [-0.4, -0.2) is 55.9 Å². The summed E-state index contributed by atoms with van der Waals surface area (Å²) >= 11 is 0. The van der Waals surface area contributed by atoms with Gasteiger partial charge in [-0.3, -0.25) is 9.79 Å². The van der Waals surface area contributed by atoms with E-state index in [1.54, 1.807) is 26.0 Å². The zero-order valence-electron chi connectivity index (χ0n) is 12.4. The van der Waals surface area contributed by atoms with Gasteiger partial charge in [0.1, 0.15) is 0 Å². The van der Waals surface area contributed by atoms with E-state index in [0.29, 0.717) is 0 Å². The number of nitrogens with one attached hydrogen (secondary N) is 1. The van der Waals surface area contributed by atoms with E-state index in [4.69, 9.17) is 0 Å². The van der Waals surface area contributed by atoms with Crippen LogP contribution in [0.25, 0.3) is 0 Å². The van der Waals surface area contributed by atoms with Crippen LogP contribution in [0.2, 0.25) is 0 Å². The van der Waals surface area contributed by atoms with Crippen LogP contribution in [0, 0.1) is 0 Å². The lowest BCUT2D eigenvalue weighted by atomic mass is 10.0. The van der Waals surface area contributed by atoms with E-state index in [-0.39, 0.29) is 12.5 Å². The molecule has 0 aromatic heterocycles. The molecule has 1 aliphatic rings. The van der Waals surface area contributed by atoms with Crippen LogP contribution in [0.1, 0.15) is 11.1 Å². The minimum atomic E-state index is 0.0450. The molecule has 0 fully saturated rings. The normalized spacial score (nSPS) is 14.8. The summed E-state index contributed by atoms with van der Waals surface area (Å²) in [7, 11) is 5.26. The Balaban J connectivity index is 1.99. The first-order valence-corrected chi connectivity index (χ1v) is 6.84. The molecule has 108 valence electrons. The number of benzene rings is 1. The average molecular weight is 274 g/mol. The summed E-state index contributed by atoms with van der Waals surface area (Å²) in [6, 6.07) is 8.48. The molecule has 1 aliphatic heterocycles. The third-order valence-electron chi connectivity index (χ3n) is 3.54. The Morgan fingerprint density at radius 3 is 2.70 bits per heavy atom. The second kappa shape index (κ2) is 6.41. The van der Waals surface area contributed by atoms with Gasteiger partial charge >= 0.3 is 0 Å². The molecule has 5 heteroatoms. The maximum Gasteiger partial charge on any atom is 0.241 e. The van der Waals surface area contributed by atoms with E-state index in [0.717, 1.165) is 25.5 Å². The number of carbonyl (C=O) groups is 1. The lowest BCUT2D eigenvalue weighted by molar-refractivity contribution is -0.127. The summed E-state index contributed by atoms with van der Waals surface area (Å²) in [5.41, 5.74) is 2.74. The van der Waals surface area contributed by atoms with Crippen molar-refractivity contribution in [1.82, 2.24) is 15.1 Å². The van der Waals surface area contributed by atoms with E-state index in [9.17, 15) is 4.79 Å². The van der Waals surface area contributed by atoms with Crippen LogP contribution in [0.3, 0.4) is 0 Å². The van der Waals surface area contributed by atoms with Gasteiger partial charge in [-0.15, -0.1) is 0 Å². The van der Waals surface area contributed by atoms with Crippen LogP contribution < -0.4 is 5.32 Å². The number of guanidine groups is 1. The van der Waals surface area contributed by atoms with Gasteiger partial charge in [-0.05, 0) is 17.5 Å². The number of hydrogen-bond donors (Lipinski definition) is 1. The highest BCUT2D eigenvalue weighted by Gasteiger charge is 2.19. The number of carbonyl (C=O) groups excluding carboxylic acids is 1. The molecule has 20 heavy (non-hydrogen) atoms. The molecule has 1 heterocycles. The predicted molar refractivity (Wildman–Crippen MR) is 80.6 cm³/mol. The van der Waals surface area contributed by atoms with Crippen molar-refractivity contribution in [1.29, 1.82) is 0 Å². The number of aliphatic imine (C=N–C) groups is 1. The smallest absolute Gasteiger partial charge is 0.241 e. The zero-order chi connectivity index (χ0) is 14.5. The molecular formula is C15H22N4O. The molecule has 0 unspecified atom stereocenters. The number of hydrogen-bond acceptors (Lipinski definition) is 2. The molecule has 1 aromatic carbocycles. The number of amides is 1. The van der Waals surface area contributed by atoms with Crippen LogP contribution in [0.15, 0.2) is 29.3 Å². The predicted octanol–water partition coefficient (Wildman–Crippen LogP) is 0.708. The third kappa shape index (κ3) is 3.29. The first kappa shape index (κ1) is 14.4. The van der Waals surface area contributed by atoms with Gasteiger partial charge in [-0.1, -0.05) is 24.3 Å². The highest BCUT2D eigenvalue weighted by atomic mass is 16.2. The number of nitrogens with zero attached hydrogens (tertiary/aromatic N) is 3. The molecule has 2 rings (SSSR count). The highest BCUT2D eigenvalue weighted by Crippen LogP contribution is 2.18. The summed E-state index contributed by atoms with van der Waals surface area (Å²) in [4.78, 5) is 19.7. The Hall–Kier alpha value is -2.04. The molecule has 0 saturated carbocycles. The van der Waals surface area contributed by atoms with E-state index in [1.807, 2.05) is 0 Å². The lowest BCUT2D eigenvalue weighted by Crippen LogP contribution is -2.47. The van der Waals surface area contributed by atoms with E-state index >= 15 is 0 Å². The van der Waals surface area contributed by atoms with Crippen LogP contribution in [-0.2, 0) is 17.8 Å². The van der Waals surface area contributed by atoms with Gasteiger partial charge in [0.2, 0.25) is 5.91 Å². The summed E-state index contributed by atoms with van der Waals surface area (Å²) < 4.78 is 0. The first-order chi connectivity index (χ1) is 9.61. The standard InChI is InChI=1S/C15H22N4O/c1-16-15(17-10-14(20)18(2)3)19-9-8-12-6-4-5-7-13(12)11-19/h4-7H,8-11H2,1-3H3,(H,16,17). The summed E-state index contributed by atoms with van der Waals surface area (Å²) in [6.45, 7) is 2.04. The van der Waals surface area contributed by atoms with E-state index < -0.39 is 0 Å². The van der Waals surface area contributed by atoms with Crippen molar-refractivity contribution in [2.75, 3.05) is 34.2 Å². The molecule has 0 saturated heterocycles. The van der Waals surface area contributed by atoms with Crippen LogP contribution in [0.5, 0.6) is 0 Å². The molecule has 0 radical (unpaired) electrons. The summed E-state index contributed by atoms with van der Waals surface area (Å²) in [5, 5.41) is 3.14. The van der Waals surface area contributed by atoms with Crippen LogP contribution >= 0.6 is 0 Å². The highest BCUT2D eigenvalue weighted by molar-refractivity contribution is 5.86. The van der Waals surface area contributed by atoms with Gasteiger partial charge in [0.05, 0.1) is 6.54 Å². The van der Waals surface area contributed by atoms with Gasteiger partial charge in [0.25, 0.3) is 0 Å². The number of rotatable bonds is 2. The topological polar surface area (TPSA) is 47.9 Å². The molecule has 0 spiro atoms. The average Bonchev–Trinajstić information content (AvgIpc) is 2.47. The molecule has 0 atom stereocenters. The fourth-order valence-electron chi connectivity index (χ4n) is 2.32. The molecule has 1 aromatic rings. The van der Waals surface area contributed by atoms with Crippen molar-refractivity contribution in [3.8, 4) is 0 Å². The largest absolute Gasteiger partial charge is 0.347 e. The molecule has 0 aliphatic carbocycles. The van der Waals surface area contributed by atoms with Crippen molar-refractivity contribution in [3.05, 3.63) is 35.4 Å². The molecule has 1 N–H and O–H groups in total. The SMILES string of the molecule is CN=C(NCC(=O)N(C)C)N1CCc2ccccc2C1. The van der Waals surface area contributed by atoms with Crippen molar-refractivity contribution in [3.63, 3.8) is 0 Å².